The molecule has 0 radical (unpaired) electrons. The number of carbonyl (C=O) groups is 2. The quantitative estimate of drug-likeness (QED) is 0.393. The van der Waals surface area contributed by atoms with Gasteiger partial charge in [0.2, 0.25) is 0 Å². The van der Waals surface area contributed by atoms with Gasteiger partial charge in [0, 0.05) is 19.5 Å². The van der Waals surface area contributed by atoms with Crippen LogP contribution in [-0.2, 0) is 33.8 Å². The van der Waals surface area contributed by atoms with Crippen LogP contribution in [0.15, 0.2) is 0 Å². The van der Waals surface area contributed by atoms with Crippen LogP contribution in [0.3, 0.4) is 0 Å². The Morgan fingerprint density at radius 2 is 1.21 bits per heavy atom. The Labute approximate surface area is 142 Å². The molecule has 0 fully saturated rings. The monoisotopic (exact) mass is 314 g/mol. The largest absolute Gasteiger partial charge is 0 e. The summed E-state index contributed by atoms with van der Waals surface area (Å²) < 4.78 is 4.89. The van der Waals surface area contributed by atoms with Gasteiger partial charge in [-0.05, 0) is 12.8 Å². The Hall–Kier alpha value is 0.361. The van der Waals surface area contributed by atoms with Crippen molar-refractivity contribution in [3.63, 3.8) is 0 Å². The van der Waals surface area contributed by atoms with Gasteiger partial charge in [0.05, 0.1) is 11.8 Å². The van der Waals surface area contributed by atoms with Gasteiger partial charge in [0.1, 0.15) is 0 Å². The normalized spacial score (nSPS) is 12.6. The van der Waals surface area contributed by atoms with Crippen LogP contribution < -0.4 is 0 Å². The molecule has 3 nitrogen and oxygen atoms in total. The minimum atomic E-state index is -0.369. The predicted octanol–water partition coefficient (Wildman–Crippen LogP) is 3.06. The van der Waals surface area contributed by atoms with Crippen molar-refractivity contribution >= 4 is 30.8 Å². The fraction of sp³-hybridized carbons (Fsp3) is 0.857. The third kappa shape index (κ3) is 11.9. The van der Waals surface area contributed by atoms with Crippen molar-refractivity contribution in [1.29, 1.82) is 0 Å². The van der Waals surface area contributed by atoms with Gasteiger partial charge >= 0.3 is 30.8 Å². The second-order valence-electron chi connectivity index (χ2n) is 4.83. The molecule has 0 rings (SSSR count). The first kappa shape index (κ1) is 24.4. The van der Waals surface area contributed by atoms with Crippen molar-refractivity contribution in [3.05, 3.63) is 0 Å². The topological polar surface area (TPSA) is 43.4 Å². The van der Waals surface area contributed by atoms with E-state index in [-0.39, 0.29) is 62.1 Å². The molecule has 0 aliphatic rings. The first-order valence-electron chi connectivity index (χ1n) is 6.78. The van der Waals surface area contributed by atoms with Crippen LogP contribution in [-0.4, -0.2) is 30.8 Å². The van der Waals surface area contributed by atoms with Gasteiger partial charge in [-0.2, -0.15) is 0 Å². The molecule has 0 aromatic heterocycles. The van der Waals surface area contributed by atoms with Crippen molar-refractivity contribution in [3.8, 4) is 0 Å². The predicted molar refractivity (Wildman–Crippen MR) is 75.6 cm³/mol. The average molecular weight is 316 g/mol. The summed E-state index contributed by atoms with van der Waals surface area (Å²) in [7, 11) is 0. The Balaban J connectivity index is -0.00000128. The molecule has 0 saturated carbocycles. The van der Waals surface area contributed by atoms with Crippen LogP contribution in [0.5, 0.6) is 0 Å². The minimum Gasteiger partial charge on any atom is 0 e. The number of rotatable bonds is 8. The van der Waals surface area contributed by atoms with Gasteiger partial charge in [-0.3, -0.25) is 9.59 Å². The number of esters is 2. The maximum atomic E-state index is 11.6. The summed E-state index contributed by atoms with van der Waals surface area (Å²) >= 11 is 0. The standard InChI is InChI=1S/C14H26O3.Li.Zn.H/c1-5-7-9-11(3)13(15)17-14(16)12(4)10-8-6-2;;;/h11-12H,5-10H2,1-4H3;;;. The molecular weight excluding hydrogens is 288 g/mol. The Bertz CT molecular complexity index is 223. The van der Waals surface area contributed by atoms with Crippen LogP contribution in [0.1, 0.15) is 66.2 Å². The molecule has 2 atom stereocenters. The van der Waals surface area contributed by atoms with Gasteiger partial charge in [0.25, 0.3) is 0 Å². The molecule has 0 aliphatic heterocycles. The molecule has 19 heavy (non-hydrogen) atoms. The molecular formula is C14H27LiO3Zn. The van der Waals surface area contributed by atoms with Crippen LogP contribution in [0.4, 0.5) is 0 Å². The Morgan fingerprint density at radius 1 is 0.895 bits per heavy atom. The van der Waals surface area contributed by atoms with Crippen molar-refractivity contribution in [2.45, 2.75) is 66.2 Å². The SMILES string of the molecule is CCCCC(C)C(=O)OC(=O)C(C)CCCC.[LiH].[Zn]. The number of hydrogen-bond acceptors (Lipinski definition) is 3. The van der Waals surface area contributed by atoms with Crippen molar-refractivity contribution in [1.82, 2.24) is 0 Å². The third-order valence-corrected chi connectivity index (χ3v) is 2.99. The number of carbonyl (C=O) groups excluding carboxylic acids is 2. The maximum absolute atomic E-state index is 11.6. The van der Waals surface area contributed by atoms with Crippen LogP contribution in [0.25, 0.3) is 0 Å². The summed E-state index contributed by atoms with van der Waals surface area (Å²) in [4.78, 5) is 23.2. The minimum absolute atomic E-state index is 0. The van der Waals surface area contributed by atoms with Gasteiger partial charge < -0.3 is 4.74 Å². The fourth-order valence-corrected chi connectivity index (χ4v) is 1.56. The van der Waals surface area contributed by atoms with Gasteiger partial charge in [0.15, 0.2) is 0 Å². The summed E-state index contributed by atoms with van der Waals surface area (Å²) in [6, 6.07) is 0. The van der Waals surface area contributed by atoms with Crippen molar-refractivity contribution in [2.24, 2.45) is 11.8 Å². The second kappa shape index (κ2) is 14.8. The Kier molecular flexibility index (Phi) is 18.9. The van der Waals surface area contributed by atoms with Crippen LogP contribution in [0.2, 0.25) is 0 Å². The van der Waals surface area contributed by atoms with Crippen LogP contribution >= 0.6 is 0 Å². The number of hydrogen-bond donors (Lipinski definition) is 0. The van der Waals surface area contributed by atoms with E-state index in [4.69, 9.17) is 4.74 Å². The summed E-state index contributed by atoms with van der Waals surface area (Å²) in [6.45, 7) is 7.80. The molecule has 0 bridgehead atoms. The van der Waals surface area contributed by atoms with Gasteiger partial charge in [-0.15, -0.1) is 0 Å². The molecule has 0 aromatic carbocycles. The molecule has 0 heterocycles. The fourth-order valence-electron chi connectivity index (χ4n) is 1.56. The molecule has 0 aliphatic carbocycles. The first-order valence-corrected chi connectivity index (χ1v) is 6.78. The van der Waals surface area contributed by atoms with E-state index in [0.717, 1.165) is 38.5 Å². The zero-order valence-electron chi connectivity index (χ0n) is 12.3. The van der Waals surface area contributed by atoms with Gasteiger partial charge in [-0.25, -0.2) is 0 Å². The van der Waals surface area contributed by atoms with E-state index in [2.05, 4.69) is 13.8 Å². The van der Waals surface area contributed by atoms with E-state index in [0.29, 0.717) is 0 Å². The zero-order valence-corrected chi connectivity index (χ0v) is 15.3. The summed E-state index contributed by atoms with van der Waals surface area (Å²) in [6.07, 6.45) is 5.69. The molecule has 0 amide bonds. The molecule has 0 saturated heterocycles. The van der Waals surface area contributed by atoms with Crippen LogP contribution in [0, 0.1) is 11.8 Å². The Morgan fingerprint density at radius 3 is 1.47 bits per heavy atom. The van der Waals surface area contributed by atoms with E-state index in [9.17, 15) is 9.59 Å². The number of unbranched alkanes of at least 4 members (excludes halogenated alkanes) is 2. The third-order valence-electron chi connectivity index (χ3n) is 2.99. The molecule has 5 heteroatoms. The van der Waals surface area contributed by atoms with E-state index >= 15 is 0 Å². The smallest absolute Gasteiger partial charge is 0 e. The molecule has 0 N–H and O–H groups in total. The average Bonchev–Trinajstić information content (AvgIpc) is 2.32. The summed E-state index contributed by atoms with van der Waals surface area (Å²) in [5.41, 5.74) is 0. The van der Waals surface area contributed by atoms with Gasteiger partial charge in [-0.1, -0.05) is 53.4 Å². The zero-order chi connectivity index (χ0) is 13.3. The van der Waals surface area contributed by atoms with Crippen molar-refractivity contribution < 1.29 is 33.8 Å². The number of ether oxygens (including phenoxy) is 1. The molecule has 104 valence electrons. The van der Waals surface area contributed by atoms with E-state index in [1.807, 2.05) is 13.8 Å². The summed E-state index contributed by atoms with van der Waals surface area (Å²) in [5, 5.41) is 0. The molecule has 0 aromatic rings. The van der Waals surface area contributed by atoms with E-state index < -0.39 is 0 Å². The van der Waals surface area contributed by atoms with Crippen molar-refractivity contribution in [2.75, 3.05) is 0 Å². The molecule has 0 spiro atoms. The van der Waals surface area contributed by atoms with E-state index in [1.165, 1.54) is 0 Å². The second-order valence-corrected chi connectivity index (χ2v) is 4.83. The first-order chi connectivity index (χ1) is 8.02. The maximum Gasteiger partial charge on any atom is 0 e. The van der Waals surface area contributed by atoms with E-state index in [1.54, 1.807) is 0 Å². The summed E-state index contributed by atoms with van der Waals surface area (Å²) in [5.74, 6) is -1.08. The molecule has 2 unspecified atom stereocenters.